The van der Waals surface area contributed by atoms with E-state index in [0.29, 0.717) is 5.78 Å². The number of carbonyl (C=O) groups excluding carboxylic acids is 1. The number of aromatic nitrogens is 1. The molecule has 1 aromatic heterocycles. The van der Waals surface area contributed by atoms with Gasteiger partial charge in [0.2, 0.25) is 0 Å². The van der Waals surface area contributed by atoms with Crippen molar-refractivity contribution in [3.8, 4) is 0 Å². The average molecular weight is 400 g/mol. The van der Waals surface area contributed by atoms with Gasteiger partial charge in [0, 0.05) is 21.9 Å². The van der Waals surface area contributed by atoms with Crippen LogP contribution in [-0.2, 0) is 4.08 Å². The molecule has 1 aliphatic carbocycles. The van der Waals surface area contributed by atoms with Crippen LogP contribution in [0.15, 0.2) is 46.3 Å². The first-order valence-corrected chi connectivity index (χ1v) is 12.1. The minimum Gasteiger partial charge on any atom is -0.358 e. The Kier molecular flexibility index (Phi) is 6.03. The Morgan fingerprint density at radius 1 is 1.11 bits per heavy atom. The van der Waals surface area contributed by atoms with Gasteiger partial charge in [0.15, 0.2) is 5.78 Å². The Balaban J connectivity index is 1.58. The molecule has 144 valence electrons. The van der Waals surface area contributed by atoms with Crippen molar-refractivity contribution in [2.24, 2.45) is 5.92 Å². The highest BCUT2D eigenvalue weighted by molar-refractivity contribution is 8.20. The molecule has 0 spiro atoms. The van der Waals surface area contributed by atoms with E-state index in [0.717, 1.165) is 25.0 Å². The lowest BCUT2D eigenvalue weighted by atomic mass is 9.85. The predicted octanol–water partition coefficient (Wildman–Crippen LogP) is 7.41. The van der Waals surface area contributed by atoms with Gasteiger partial charge in [-0.1, -0.05) is 57.6 Å². The molecule has 0 amide bonds. The van der Waals surface area contributed by atoms with Crippen molar-refractivity contribution in [2.45, 2.75) is 78.6 Å². The molecule has 4 heteroatoms. The number of H-pyrrole nitrogens is 1. The largest absolute Gasteiger partial charge is 0.358 e. The second-order valence-electron chi connectivity index (χ2n) is 7.86. The normalized spacial score (nSPS) is 19.1. The average Bonchev–Trinajstić information content (AvgIpc) is 3.34. The molecule has 4 rings (SSSR count). The summed E-state index contributed by atoms with van der Waals surface area (Å²) >= 11 is 3.96. The third-order valence-corrected chi connectivity index (χ3v) is 9.19. The van der Waals surface area contributed by atoms with Gasteiger partial charge in [0.25, 0.3) is 0 Å². The fourth-order valence-electron chi connectivity index (χ4n) is 4.31. The van der Waals surface area contributed by atoms with Gasteiger partial charge in [-0.2, -0.15) is 0 Å². The first-order valence-electron chi connectivity index (χ1n) is 10.4. The van der Waals surface area contributed by atoms with Crippen molar-refractivity contribution in [1.82, 2.24) is 4.98 Å². The number of unbranched alkanes of at least 4 members (excludes halogenated alkanes) is 2. The SMILES string of the molecule is CCCCCC1(c2c[nH]c(C(=O)C3CCCCC3)c2)Sc2ccccc2S1. The zero-order valence-corrected chi connectivity index (χ0v) is 17.8. The minimum absolute atomic E-state index is 0.000448. The van der Waals surface area contributed by atoms with Gasteiger partial charge in [-0.15, -0.1) is 23.5 Å². The van der Waals surface area contributed by atoms with Crippen molar-refractivity contribution in [1.29, 1.82) is 0 Å². The van der Waals surface area contributed by atoms with E-state index in [9.17, 15) is 4.79 Å². The predicted molar refractivity (Wildman–Crippen MR) is 116 cm³/mol. The van der Waals surface area contributed by atoms with E-state index in [1.807, 2.05) is 23.5 Å². The van der Waals surface area contributed by atoms with Crippen LogP contribution in [0, 0.1) is 5.92 Å². The molecule has 0 saturated heterocycles. The van der Waals surface area contributed by atoms with E-state index in [4.69, 9.17) is 0 Å². The fourth-order valence-corrected chi connectivity index (χ4v) is 7.57. The lowest BCUT2D eigenvalue weighted by molar-refractivity contribution is 0.0885. The van der Waals surface area contributed by atoms with Gasteiger partial charge in [-0.25, -0.2) is 0 Å². The number of nitrogens with one attached hydrogen (secondary N) is 1. The van der Waals surface area contributed by atoms with Gasteiger partial charge in [-0.05, 0) is 43.0 Å². The molecule has 0 bridgehead atoms. The van der Waals surface area contributed by atoms with E-state index in [-0.39, 0.29) is 10.00 Å². The van der Waals surface area contributed by atoms with Crippen LogP contribution in [0.25, 0.3) is 0 Å². The van der Waals surface area contributed by atoms with Crippen LogP contribution in [0.5, 0.6) is 0 Å². The topological polar surface area (TPSA) is 32.9 Å². The quantitative estimate of drug-likeness (QED) is 0.389. The highest BCUT2D eigenvalue weighted by Crippen LogP contribution is 2.63. The summed E-state index contributed by atoms with van der Waals surface area (Å²) in [6, 6.07) is 10.9. The van der Waals surface area contributed by atoms with E-state index in [1.54, 1.807) is 0 Å². The van der Waals surface area contributed by atoms with Gasteiger partial charge in [0.1, 0.15) is 0 Å². The fraction of sp³-hybridized carbons (Fsp3) is 0.522. The lowest BCUT2D eigenvalue weighted by Crippen LogP contribution is -2.18. The van der Waals surface area contributed by atoms with Gasteiger partial charge in [-0.3, -0.25) is 4.79 Å². The number of benzene rings is 1. The number of Topliss-reactive ketones (excluding diaryl/α,β-unsaturated/α-hetero) is 1. The number of rotatable bonds is 7. The van der Waals surface area contributed by atoms with Gasteiger partial charge < -0.3 is 4.98 Å². The Labute approximate surface area is 171 Å². The van der Waals surface area contributed by atoms with Crippen molar-refractivity contribution in [2.75, 3.05) is 0 Å². The summed E-state index contributed by atoms with van der Waals surface area (Å²) in [5.41, 5.74) is 2.10. The zero-order chi connectivity index (χ0) is 18.7. The van der Waals surface area contributed by atoms with Crippen LogP contribution >= 0.6 is 23.5 Å². The standard InChI is InChI=1S/C23H29NOS2/c1-2-3-9-14-23(26-20-12-7-8-13-21(20)27-23)18-15-19(24-16-18)22(25)17-10-5-4-6-11-17/h7-8,12-13,15-17,24H,2-6,9-11,14H2,1H3. The summed E-state index contributed by atoms with van der Waals surface area (Å²) in [5, 5.41) is 0. The first-order chi connectivity index (χ1) is 13.2. The van der Waals surface area contributed by atoms with Gasteiger partial charge >= 0.3 is 0 Å². The number of hydrogen-bond donors (Lipinski definition) is 1. The summed E-state index contributed by atoms with van der Waals surface area (Å²) < 4.78 is 0.000448. The molecule has 0 atom stereocenters. The van der Waals surface area contributed by atoms with E-state index in [1.165, 1.54) is 53.9 Å². The molecule has 2 aliphatic rings. The number of thioether (sulfide) groups is 2. The molecule has 2 nitrogen and oxygen atoms in total. The molecular weight excluding hydrogens is 370 g/mol. The summed E-state index contributed by atoms with van der Waals surface area (Å²) in [7, 11) is 0. The van der Waals surface area contributed by atoms with E-state index < -0.39 is 0 Å². The second kappa shape index (κ2) is 8.48. The summed E-state index contributed by atoms with van der Waals surface area (Å²) in [6.45, 7) is 2.26. The van der Waals surface area contributed by atoms with Gasteiger partial charge in [0.05, 0.1) is 9.77 Å². The lowest BCUT2D eigenvalue weighted by Gasteiger charge is -2.26. The minimum atomic E-state index is 0.000448. The maximum atomic E-state index is 13.0. The molecule has 27 heavy (non-hydrogen) atoms. The molecule has 2 heterocycles. The summed E-state index contributed by atoms with van der Waals surface area (Å²) in [4.78, 5) is 19.1. The third-order valence-electron chi connectivity index (χ3n) is 5.87. The smallest absolute Gasteiger partial charge is 0.182 e. The number of carbonyl (C=O) groups is 1. The third kappa shape index (κ3) is 4.02. The molecule has 0 radical (unpaired) electrons. The van der Waals surface area contributed by atoms with Crippen LogP contribution in [-0.4, -0.2) is 10.8 Å². The molecule has 1 saturated carbocycles. The Morgan fingerprint density at radius 3 is 2.48 bits per heavy atom. The Bertz CT molecular complexity index is 766. The number of aromatic amines is 1. The molecular formula is C23H29NOS2. The number of hydrogen-bond acceptors (Lipinski definition) is 3. The van der Waals surface area contributed by atoms with Crippen LogP contribution < -0.4 is 0 Å². The molecule has 1 N–H and O–H groups in total. The van der Waals surface area contributed by atoms with E-state index in [2.05, 4.69) is 48.4 Å². The molecule has 1 aromatic carbocycles. The number of fused-ring (bicyclic) bond motifs is 1. The number of ketones is 1. The first kappa shape index (κ1) is 19.2. The molecule has 0 unspecified atom stereocenters. The molecule has 1 aliphatic heterocycles. The summed E-state index contributed by atoms with van der Waals surface area (Å²) in [5.74, 6) is 0.553. The molecule has 2 aromatic rings. The van der Waals surface area contributed by atoms with Crippen molar-refractivity contribution in [3.63, 3.8) is 0 Å². The van der Waals surface area contributed by atoms with Crippen LogP contribution in [0.1, 0.15) is 80.8 Å². The molecule has 1 fully saturated rings. The van der Waals surface area contributed by atoms with Crippen molar-refractivity contribution in [3.05, 3.63) is 47.8 Å². The maximum absolute atomic E-state index is 13.0. The highest BCUT2D eigenvalue weighted by Gasteiger charge is 2.41. The van der Waals surface area contributed by atoms with Crippen molar-refractivity contribution >= 4 is 29.3 Å². The monoisotopic (exact) mass is 399 g/mol. The van der Waals surface area contributed by atoms with Crippen LogP contribution in [0.2, 0.25) is 0 Å². The highest BCUT2D eigenvalue weighted by atomic mass is 32.2. The Morgan fingerprint density at radius 2 is 1.81 bits per heavy atom. The Hall–Kier alpha value is -1.13. The van der Waals surface area contributed by atoms with Crippen LogP contribution in [0.3, 0.4) is 0 Å². The van der Waals surface area contributed by atoms with Crippen molar-refractivity contribution < 1.29 is 4.79 Å². The summed E-state index contributed by atoms with van der Waals surface area (Å²) in [6.07, 6.45) is 12.8. The van der Waals surface area contributed by atoms with E-state index >= 15 is 0 Å². The zero-order valence-electron chi connectivity index (χ0n) is 16.1. The second-order valence-corrected chi connectivity index (χ2v) is 10.8. The van der Waals surface area contributed by atoms with Crippen LogP contribution in [0.4, 0.5) is 0 Å². The maximum Gasteiger partial charge on any atom is 0.182 e.